The van der Waals surface area contributed by atoms with E-state index in [0.29, 0.717) is 6.42 Å². The van der Waals surface area contributed by atoms with Crippen molar-refractivity contribution in [2.24, 2.45) is 11.8 Å². The molecule has 0 radical (unpaired) electrons. The number of hydrogen-bond acceptors (Lipinski definition) is 5. The van der Waals surface area contributed by atoms with Crippen molar-refractivity contribution in [2.75, 3.05) is 13.7 Å². The van der Waals surface area contributed by atoms with Crippen LogP contribution in [0.2, 0.25) is 0 Å². The number of benzene rings is 2. The molecule has 2 aromatic carbocycles. The van der Waals surface area contributed by atoms with Gasteiger partial charge in [0, 0.05) is 25.6 Å². The maximum atomic E-state index is 10.5. The predicted molar refractivity (Wildman–Crippen MR) is 99.1 cm³/mol. The van der Waals surface area contributed by atoms with Crippen molar-refractivity contribution in [3.63, 3.8) is 0 Å². The van der Waals surface area contributed by atoms with Gasteiger partial charge in [-0.25, -0.2) is 0 Å². The molecular weight excluding hydrogens is 332 g/mol. The number of aliphatic hydroxyl groups excluding tert-OH is 2. The van der Waals surface area contributed by atoms with Gasteiger partial charge in [-0.15, -0.1) is 0 Å². The van der Waals surface area contributed by atoms with Crippen molar-refractivity contribution < 1.29 is 24.8 Å². The van der Waals surface area contributed by atoms with Crippen LogP contribution in [0.1, 0.15) is 13.3 Å². The number of aliphatic hydroxyl groups is 2. The van der Waals surface area contributed by atoms with E-state index in [4.69, 9.17) is 9.47 Å². The Kier molecular flexibility index (Phi) is 5.81. The van der Waals surface area contributed by atoms with Crippen LogP contribution in [0.15, 0.2) is 48.5 Å². The zero-order valence-corrected chi connectivity index (χ0v) is 15.1. The molecule has 5 nitrogen and oxygen atoms in total. The van der Waals surface area contributed by atoms with Gasteiger partial charge in [0.1, 0.15) is 17.6 Å². The average Bonchev–Trinajstić information content (AvgIpc) is 2.99. The maximum absolute atomic E-state index is 10.5. The molecule has 3 rings (SSSR count). The quantitative estimate of drug-likeness (QED) is 0.740. The molecule has 0 aromatic heterocycles. The lowest BCUT2D eigenvalue weighted by Crippen LogP contribution is -2.36. The van der Waals surface area contributed by atoms with E-state index >= 15 is 0 Å². The lowest BCUT2D eigenvalue weighted by atomic mass is 9.98. The maximum Gasteiger partial charge on any atom is 0.119 e. The number of ether oxygens (including phenoxy) is 2. The van der Waals surface area contributed by atoms with Crippen LogP contribution in [-0.2, 0) is 4.74 Å². The number of rotatable bonds is 6. The molecule has 5 heteroatoms. The number of phenolic OH excluding ortho intramolecular Hbond substituents is 1. The molecule has 1 saturated carbocycles. The highest BCUT2D eigenvalue weighted by atomic mass is 16.5. The molecule has 3 N–H and O–H groups in total. The van der Waals surface area contributed by atoms with Gasteiger partial charge in [0.2, 0.25) is 0 Å². The van der Waals surface area contributed by atoms with Gasteiger partial charge in [-0.05, 0) is 48.7 Å². The highest BCUT2D eigenvalue weighted by Gasteiger charge is 2.45. The Morgan fingerprint density at radius 3 is 2.12 bits per heavy atom. The van der Waals surface area contributed by atoms with Gasteiger partial charge in [-0.2, -0.15) is 0 Å². The van der Waals surface area contributed by atoms with E-state index in [1.165, 1.54) is 0 Å². The van der Waals surface area contributed by atoms with Crippen molar-refractivity contribution in [3.05, 3.63) is 48.5 Å². The summed E-state index contributed by atoms with van der Waals surface area (Å²) in [6.45, 7) is 1.94. The molecular formula is C21H26O5. The molecule has 5 atom stereocenters. The van der Waals surface area contributed by atoms with Crippen LogP contribution in [0.4, 0.5) is 0 Å². The van der Waals surface area contributed by atoms with E-state index in [1.54, 1.807) is 19.2 Å². The summed E-state index contributed by atoms with van der Waals surface area (Å²) >= 11 is 0. The van der Waals surface area contributed by atoms with Crippen LogP contribution in [0.3, 0.4) is 0 Å². The molecule has 0 heterocycles. The second-order valence-electron chi connectivity index (χ2n) is 6.93. The molecule has 0 spiro atoms. The third-order valence-corrected chi connectivity index (χ3v) is 5.30. The molecule has 0 bridgehead atoms. The summed E-state index contributed by atoms with van der Waals surface area (Å²) in [5.41, 5.74) is 2.05. The Labute approximate surface area is 153 Å². The Bertz CT molecular complexity index is 697. The fourth-order valence-corrected chi connectivity index (χ4v) is 3.81. The number of hydrogen-bond donors (Lipinski definition) is 3. The topological polar surface area (TPSA) is 79.2 Å². The highest BCUT2D eigenvalue weighted by molar-refractivity contribution is 5.64. The Morgan fingerprint density at radius 1 is 1.04 bits per heavy atom. The number of aromatic hydroxyl groups is 1. The standard InChI is InChI=1S/C21H26O5/c1-13(19-11-16(12-22)21(25-2)20(19)24)26-18-9-5-15(6-10-18)14-3-7-17(23)8-4-14/h3-10,13,16,19-24H,11-12H2,1-2H3. The number of phenols is 1. The summed E-state index contributed by atoms with van der Waals surface area (Å²) in [7, 11) is 1.56. The first-order valence-corrected chi connectivity index (χ1v) is 8.91. The summed E-state index contributed by atoms with van der Waals surface area (Å²) in [5, 5.41) is 29.3. The fraction of sp³-hybridized carbons (Fsp3) is 0.429. The van der Waals surface area contributed by atoms with Crippen LogP contribution >= 0.6 is 0 Å². The molecule has 0 saturated heterocycles. The second kappa shape index (κ2) is 8.08. The van der Waals surface area contributed by atoms with E-state index in [-0.39, 0.29) is 36.4 Å². The molecule has 1 aliphatic rings. The molecule has 1 fully saturated rings. The van der Waals surface area contributed by atoms with Gasteiger partial charge in [-0.1, -0.05) is 24.3 Å². The predicted octanol–water partition coefficient (Wildman–Crippen LogP) is 2.83. The van der Waals surface area contributed by atoms with Crippen molar-refractivity contribution in [1.82, 2.24) is 0 Å². The van der Waals surface area contributed by atoms with E-state index in [9.17, 15) is 15.3 Å². The van der Waals surface area contributed by atoms with Crippen molar-refractivity contribution in [3.8, 4) is 22.6 Å². The first-order chi connectivity index (χ1) is 12.5. The lowest BCUT2D eigenvalue weighted by molar-refractivity contribution is -0.0459. The Balaban J connectivity index is 1.66. The lowest BCUT2D eigenvalue weighted by Gasteiger charge is -2.25. The Morgan fingerprint density at radius 2 is 1.62 bits per heavy atom. The minimum atomic E-state index is -0.650. The van der Waals surface area contributed by atoms with Crippen LogP contribution in [0.25, 0.3) is 11.1 Å². The number of methoxy groups -OCH3 is 1. The summed E-state index contributed by atoms with van der Waals surface area (Å²) in [4.78, 5) is 0. The van der Waals surface area contributed by atoms with Crippen LogP contribution < -0.4 is 4.74 Å². The zero-order valence-electron chi connectivity index (χ0n) is 15.1. The molecule has 26 heavy (non-hydrogen) atoms. The van der Waals surface area contributed by atoms with Crippen LogP contribution in [0, 0.1) is 11.8 Å². The molecule has 140 valence electrons. The average molecular weight is 358 g/mol. The van der Waals surface area contributed by atoms with Gasteiger partial charge in [0.15, 0.2) is 0 Å². The van der Waals surface area contributed by atoms with Crippen LogP contribution in [-0.4, -0.2) is 47.3 Å². The minimum absolute atomic E-state index is 0.000113. The normalized spacial score (nSPS) is 26.6. The SMILES string of the molecule is COC1C(CO)CC(C(C)Oc2ccc(-c3ccc(O)cc3)cc2)C1O. The van der Waals surface area contributed by atoms with Gasteiger partial charge in [-0.3, -0.25) is 0 Å². The van der Waals surface area contributed by atoms with Gasteiger partial charge >= 0.3 is 0 Å². The zero-order chi connectivity index (χ0) is 18.7. The fourth-order valence-electron chi connectivity index (χ4n) is 3.81. The highest BCUT2D eigenvalue weighted by Crippen LogP contribution is 2.37. The second-order valence-corrected chi connectivity index (χ2v) is 6.93. The minimum Gasteiger partial charge on any atom is -0.508 e. The molecule has 0 amide bonds. The van der Waals surface area contributed by atoms with Gasteiger partial charge in [0.25, 0.3) is 0 Å². The smallest absolute Gasteiger partial charge is 0.119 e. The van der Waals surface area contributed by atoms with Crippen molar-refractivity contribution in [2.45, 2.75) is 31.7 Å². The monoisotopic (exact) mass is 358 g/mol. The molecule has 5 unspecified atom stereocenters. The summed E-state index contributed by atoms with van der Waals surface area (Å²) < 4.78 is 11.4. The van der Waals surface area contributed by atoms with E-state index in [2.05, 4.69) is 0 Å². The van der Waals surface area contributed by atoms with Crippen molar-refractivity contribution >= 4 is 0 Å². The summed E-state index contributed by atoms with van der Waals surface area (Å²) in [6.07, 6.45) is -0.529. The first kappa shape index (κ1) is 18.7. The Hall–Kier alpha value is -2.08. The third-order valence-electron chi connectivity index (χ3n) is 5.30. The van der Waals surface area contributed by atoms with Crippen LogP contribution in [0.5, 0.6) is 11.5 Å². The molecule has 2 aromatic rings. The van der Waals surface area contributed by atoms with E-state index < -0.39 is 6.10 Å². The summed E-state index contributed by atoms with van der Waals surface area (Å²) in [6, 6.07) is 14.8. The van der Waals surface area contributed by atoms with E-state index in [1.807, 2.05) is 43.3 Å². The molecule has 1 aliphatic carbocycles. The largest absolute Gasteiger partial charge is 0.508 e. The molecule has 0 aliphatic heterocycles. The van der Waals surface area contributed by atoms with Gasteiger partial charge in [0.05, 0.1) is 12.2 Å². The van der Waals surface area contributed by atoms with Gasteiger partial charge < -0.3 is 24.8 Å². The summed E-state index contributed by atoms with van der Waals surface area (Å²) in [5.74, 6) is 0.818. The first-order valence-electron chi connectivity index (χ1n) is 8.91. The van der Waals surface area contributed by atoms with E-state index in [0.717, 1.165) is 16.9 Å². The van der Waals surface area contributed by atoms with Crippen molar-refractivity contribution in [1.29, 1.82) is 0 Å². The third kappa shape index (κ3) is 3.85.